The molecule has 0 aliphatic carbocycles. The summed E-state index contributed by atoms with van der Waals surface area (Å²) in [6, 6.07) is 24.0. The molecule has 0 saturated heterocycles. The number of rotatable bonds is 14. The molecule has 46 heavy (non-hydrogen) atoms. The number of amides is 2. The van der Waals surface area contributed by atoms with Gasteiger partial charge in [-0.05, 0) is 60.0 Å². The van der Waals surface area contributed by atoms with Gasteiger partial charge in [0.25, 0.3) is 10.0 Å². The van der Waals surface area contributed by atoms with Crippen molar-refractivity contribution in [3.8, 4) is 0 Å². The Labute approximate surface area is 283 Å². The normalized spacial score (nSPS) is 11.9. The van der Waals surface area contributed by atoms with Crippen LogP contribution in [0.3, 0.4) is 0 Å². The zero-order valence-corrected chi connectivity index (χ0v) is 28.1. The molecule has 0 radical (unpaired) electrons. The van der Waals surface area contributed by atoms with Crippen LogP contribution < -0.4 is 9.62 Å². The van der Waals surface area contributed by atoms with Gasteiger partial charge < -0.3 is 10.2 Å². The Balaban J connectivity index is 1.81. The topological polar surface area (TPSA) is 86.8 Å². The number of carbonyl (C=O) groups excluding carboxylic acids is 2. The van der Waals surface area contributed by atoms with Gasteiger partial charge in [0.15, 0.2) is 0 Å². The average Bonchev–Trinajstić information content (AvgIpc) is 3.05. The summed E-state index contributed by atoms with van der Waals surface area (Å²) in [4.78, 5) is 29.5. The second-order valence-corrected chi connectivity index (χ2v) is 13.6. The highest BCUT2D eigenvalue weighted by atomic mass is 35.5. The zero-order valence-electron chi connectivity index (χ0n) is 25.0. The van der Waals surface area contributed by atoms with E-state index in [1.165, 1.54) is 23.1 Å². The van der Waals surface area contributed by atoms with E-state index in [0.29, 0.717) is 17.1 Å². The number of carbonyl (C=O) groups is 2. The molecule has 12 heteroatoms. The molecule has 1 atom stereocenters. The quantitative estimate of drug-likeness (QED) is 0.138. The lowest BCUT2D eigenvalue weighted by Gasteiger charge is -2.34. The number of anilines is 1. The molecule has 0 fully saturated rings. The highest BCUT2D eigenvalue weighted by molar-refractivity contribution is 7.92. The lowest BCUT2D eigenvalue weighted by Crippen LogP contribution is -2.53. The van der Waals surface area contributed by atoms with Gasteiger partial charge in [-0.3, -0.25) is 13.9 Å². The van der Waals surface area contributed by atoms with E-state index < -0.39 is 40.2 Å². The van der Waals surface area contributed by atoms with Crippen LogP contribution in [0.25, 0.3) is 0 Å². The summed E-state index contributed by atoms with van der Waals surface area (Å²) < 4.78 is 43.0. The van der Waals surface area contributed by atoms with Crippen molar-refractivity contribution in [1.82, 2.24) is 10.2 Å². The van der Waals surface area contributed by atoms with Gasteiger partial charge in [-0.1, -0.05) is 103 Å². The second-order valence-electron chi connectivity index (χ2n) is 10.5. The van der Waals surface area contributed by atoms with E-state index in [0.717, 1.165) is 34.8 Å². The lowest BCUT2D eigenvalue weighted by atomic mass is 10.0. The van der Waals surface area contributed by atoms with Gasteiger partial charge in [0.2, 0.25) is 11.8 Å². The molecule has 7 nitrogen and oxygen atoms in total. The molecule has 2 amide bonds. The van der Waals surface area contributed by atoms with Gasteiger partial charge >= 0.3 is 0 Å². The first-order valence-corrected chi connectivity index (χ1v) is 17.2. The van der Waals surface area contributed by atoms with Crippen LogP contribution in [0.4, 0.5) is 10.1 Å². The van der Waals surface area contributed by atoms with Crippen LogP contribution >= 0.6 is 34.8 Å². The summed E-state index contributed by atoms with van der Waals surface area (Å²) in [6.07, 6.45) is 1.74. The molecular weight excluding hydrogens is 672 g/mol. The van der Waals surface area contributed by atoms with E-state index in [9.17, 15) is 22.4 Å². The molecule has 0 aliphatic rings. The van der Waals surface area contributed by atoms with Gasteiger partial charge in [0.05, 0.1) is 25.7 Å². The van der Waals surface area contributed by atoms with Crippen LogP contribution in [0.2, 0.25) is 15.1 Å². The van der Waals surface area contributed by atoms with E-state index in [4.69, 9.17) is 34.8 Å². The number of nitrogens with zero attached hydrogens (tertiary/aromatic N) is 2. The van der Waals surface area contributed by atoms with Gasteiger partial charge in [0.1, 0.15) is 18.4 Å². The second kappa shape index (κ2) is 16.3. The Morgan fingerprint density at radius 1 is 0.826 bits per heavy atom. The Kier molecular flexibility index (Phi) is 12.5. The maximum Gasteiger partial charge on any atom is 0.264 e. The van der Waals surface area contributed by atoms with Gasteiger partial charge in [-0.25, -0.2) is 12.8 Å². The average molecular weight is 705 g/mol. The fourth-order valence-corrected chi connectivity index (χ4v) is 6.71. The van der Waals surface area contributed by atoms with Crippen molar-refractivity contribution in [2.24, 2.45) is 0 Å². The smallest absolute Gasteiger partial charge is 0.264 e. The SMILES string of the molecule is CCCCNC(=O)[C@H](Cc1ccccc1)N(Cc1ccc(Cl)c(Cl)c1)C(=O)CN(c1ccc(F)c(Cl)c1)S(=O)(=O)c1ccccc1. The van der Waals surface area contributed by atoms with Gasteiger partial charge in [0, 0.05) is 19.5 Å². The van der Waals surface area contributed by atoms with Crippen LogP contribution in [0.15, 0.2) is 102 Å². The summed E-state index contributed by atoms with van der Waals surface area (Å²) in [5.41, 5.74) is 1.35. The van der Waals surface area contributed by atoms with Crippen molar-refractivity contribution in [3.05, 3.63) is 129 Å². The first-order valence-electron chi connectivity index (χ1n) is 14.6. The maximum atomic E-state index is 14.5. The number of benzene rings is 4. The Bertz CT molecular complexity index is 1760. The summed E-state index contributed by atoms with van der Waals surface area (Å²) >= 11 is 18.5. The van der Waals surface area contributed by atoms with Crippen molar-refractivity contribution in [2.75, 3.05) is 17.4 Å². The van der Waals surface area contributed by atoms with Crippen LogP contribution in [-0.4, -0.2) is 44.3 Å². The molecule has 0 heterocycles. The minimum Gasteiger partial charge on any atom is -0.354 e. The minimum absolute atomic E-state index is 0.0231. The van der Waals surface area contributed by atoms with Gasteiger partial charge in [-0.15, -0.1) is 0 Å². The molecule has 4 rings (SSSR count). The molecular formula is C34H33Cl3FN3O4S. The fourth-order valence-electron chi connectivity index (χ4n) is 4.78. The predicted molar refractivity (Wildman–Crippen MR) is 181 cm³/mol. The van der Waals surface area contributed by atoms with E-state index in [1.54, 1.807) is 36.4 Å². The Hall–Kier alpha value is -3.63. The molecule has 0 bridgehead atoms. The van der Waals surface area contributed by atoms with E-state index in [-0.39, 0.29) is 33.6 Å². The van der Waals surface area contributed by atoms with E-state index >= 15 is 0 Å². The van der Waals surface area contributed by atoms with Gasteiger partial charge in [-0.2, -0.15) is 0 Å². The van der Waals surface area contributed by atoms with Crippen molar-refractivity contribution in [1.29, 1.82) is 0 Å². The molecule has 4 aromatic carbocycles. The Morgan fingerprint density at radius 2 is 1.50 bits per heavy atom. The van der Waals surface area contributed by atoms with Crippen LogP contribution in [0.5, 0.6) is 0 Å². The molecule has 0 aliphatic heterocycles. The van der Waals surface area contributed by atoms with E-state index in [2.05, 4.69) is 5.32 Å². The minimum atomic E-state index is -4.35. The predicted octanol–water partition coefficient (Wildman–Crippen LogP) is 7.54. The summed E-state index contributed by atoms with van der Waals surface area (Å²) in [5.74, 6) is -1.83. The fraction of sp³-hybridized carbons (Fsp3) is 0.235. The standard InChI is InChI=1S/C34H33Cl3FN3O4S/c1-2-3-18-39-34(43)32(20-24-10-6-4-7-11-24)40(22-25-14-16-28(35)29(36)19-25)33(42)23-41(26-15-17-31(38)30(37)21-26)46(44,45)27-12-8-5-9-13-27/h4-17,19,21,32H,2-3,18,20,22-23H2,1H3,(H,39,43)/t32-/m0/s1. The third kappa shape index (κ3) is 9.00. The Morgan fingerprint density at radius 3 is 2.13 bits per heavy atom. The molecule has 0 aromatic heterocycles. The highest BCUT2D eigenvalue weighted by Gasteiger charge is 2.35. The maximum absolute atomic E-state index is 14.5. The number of halogens is 4. The molecule has 4 aromatic rings. The number of hydrogen-bond donors (Lipinski definition) is 1. The first kappa shape index (κ1) is 35.2. The van der Waals surface area contributed by atoms with Crippen LogP contribution in [-0.2, 0) is 32.6 Å². The third-order valence-electron chi connectivity index (χ3n) is 7.24. The molecule has 0 unspecified atom stereocenters. The number of sulfonamides is 1. The van der Waals surface area contributed by atoms with Crippen LogP contribution in [0, 0.1) is 5.82 Å². The van der Waals surface area contributed by atoms with Crippen molar-refractivity contribution in [2.45, 2.75) is 43.7 Å². The van der Waals surface area contributed by atoms with Crippen molar-refractivity contribution < 1.29 is 22.4 Å². The summed E-state index contributed by atoms with van der Waals surface area (Å²) in [5, 5.41) is 3.18. The molecule has 242 valence electrons. The van der Waals surface area contributed by atoms with E-state index in [1.807, 2.05) is 37.3 Å². The largest absolute Gasteiger partial charge is 0.354 e. The molecule has 1 N–H and O–H groups in total. The summed E-state index contributed by atoms with van der Waals surface area (Å²) in [7, 11) is -4.35. The monoisotopic (exact) mass is 703 g/mol. The third-order valence-corrected chi connectivity index (χ3v) is 10.1. The number of hydrogen-bond acceptors (Lipinski definition) is 4. The van der Waals surface area contributed by atoms with Crippen molar-refractivity contribution >= 4 is 62.3 Å². The number of unbranched alkanes of at least 4 members (excludes halogenated alkanes) is 1. The highest BCUT2D eigenvalue weighted by Crippen LogP contribution is 2.29. The zero-order chi connectivity index (χ0) is 33.3. The summed E-state index contributed by atoms with van der Waals surface area (Å²) in [6.45, 7) is 1.60. The molecule has 0 saturated carbocycles. The van der Waals surface area contributed by atoms with Crippen molar-refractivity contribution in [3.63, 3.8) is 0 Å². The lowest BCUT2D eigenvalue weighted by molar-refractivity contribution is -0.140. The first-order chi connectivity index (χ1) is 22.0. The molecule has 0 spiro atoms. The van der Waals surface area contributed by atoms with Crippen LogP contribution in [0.1, 0.15) is 30.9 Å². The number of nitrogens with one attached hydrogen (secondary N) is 1.